The number of hydrogen-bond donors (Lipinski definition) is 3. The molecule has 23 heavy (non-hydrogen) atoms. The number of aryl methyl sites for hydroxylation is 1. The van der Waals surface area contributed by atoms with Crippen molar-refractivity contribution in [3.05, 3.63) is 51.2 Å². The first-order valence-electron chi connectivity index (χ1n) is 6.54. The van der Waals surface area contributed by atoms with E-state index in [-0.39, 0.29) is 22.4 Å². The number of rotatable bonds is 3. The van der Waals surface area contributed by atoms with Crippen LogP contribution in [0.5, 0.6) is 0 Å². The standard InChI is InChI=1S/C15H11FIN3O3/c1-7-4-8(17)2-3-10(7)19-13-9(15(21)20-22)5-11-14(12(13)16)23-6-18-11/h2-6,19,22H,1H3,(H,20,21). The van der Waals surface area contributed by atoms with Gasteiger partial charge in [0.05, 0.1) is 11.3 Å². The molecule has 1 heterocycles. The molecule has 0 radical (unpaired) electrons. The Bertz CT molecular complexity index is 910. The molecular weight excluding hydrogens is 416 g/mol. The van der Waals surface area contributed by atoms with E-state index in [1.54, 1.807) is 6.07 Å². The predicted molar refractivity (Wildman–Crippen MR) is 90.4 cm³/mol. The van der Waals surface area contributed by atoms with Crippen LogP contribution in [-0.4, -0.2) is 16.1 Å². The Morgan fingerprint density at radius 3 is 2.87 bits per heavy atom. The molecule has 0 aliphatic carbocycles. The molecule has 0 aliphatic heterocycles. The molecule has 3 N–H and O–H groups in total. The van der Waals surface area contributed by atoms with Crippen molar-refractivity contribution in [3.8, 4) is 0 Å². The number of nitrogens with zero attached hydrogens (tertiary/aromatic N) is 1. The number of amides is 1. The minimum Gasteiger partial charge on any atom is -0.440 e. The van der Waals surface area contributed by atoms with Gasteiger partial charge in [-0.2, -0.15) is 0 Å². The molecule has 0 spiro atoms. The highest BCUT2D eigenvalue weighted by molar-refractivity contribution is 14.1. The molecular formula is C15H11FIN3O3. The molecule has 8 heteroatoms. The average molecular weight is 427 g/mol. The molecule has 1 amide bonds. The third-order valence-electron chi connectivity index (χ3n) is 3.36. The molecule has 6 nitrogen and oxygen atoms in total. The Morgan fingerprint density at radius 1 is 1.39 bits per heavy atom. The predicted octanol–water partition coefficient (Wildman–Crippen LogP) is 3.74. The van der Waals surface area contributed by atoms with Crippen LogP contribution < -0.4 is 10.8 Å². The van der Waals surface area contributed by atoms with Crippen LogP contribution in [-0.2, 0) is 0 Å². The second-order valence-corrected chi connectivity index (χ2v) is 6.08. The minimum absolute atomic E-state index is 0.0647. The molecule has 1 aromatic heterocycles. The largest absolute Gasteiger partial charge is 0.440 e. The fourth-order valence-corrected chi connectivity index (χ4v) is 2.87. The number of anilines is 2. The number of benzene rings is 2. The van der Waals surface area contributed by atoms with E-state index in [1.807, 2.05) is 19.1 Å². The van der Waals surface area contributed by atoms with Crippen LogP contribution in [0.4, 0.5) is 15.8 Å². The number of fused-ring (bicyclic) bond motifs is 1. The van der Waals surface area contributed by atoms with Gasteiger partial charge in [0.15, 0.2) is 17.8 Å². The van der Waals surface area contributed by atoms with Gasteiger partial charge < -0.3 is 9.73 Å². The maximum atomic E-state index is 14.7. The zero-order valence-electron chi connectivity index (χ0n) is 11.9. The average Bonchev–Trinajstić information content (AvgIpc) is 3.00. The van der Waals surface area contributed by atoms with Crippen LogP contribution >= 0.6 is 22.6 Å². The highest BCUT2D eigenvalue weighted by Gasteiger charge is 2.21. The lowest BCUT2D eigenvalue weighted by Crippen LogP contribution is -2.20. The fraction of sp³-hybridized carbons (Fsp3) is 0.0667. The Kier molecular flexibility index (Phi) is 4.18. The van der Waals surface area contributed by atoms with Gasteiger partial charge in [0.25, 0.3) is 5.91 Å². The third kappa shape index (κ3) is 2.86. The van der Waals surface area contributed by atoms with E-state index in [0.29, 0.717) is 5.69 Å². The molecule has 0 saturated heterocycles. The van der Waals surface area contributed by atoms with Crippen molar-refractivity contribution in [1.29, 1.82) is 0 Å². The van der Waals surface area contributed by atoms with Crippen molar-refractivity contribution in [2.24, 2.45) is 0 Å². The quantitative estimate of drug-likeness (QED) is 0.337. The van der Waals surface area contributed by atoms with Crippen LogP contribution in [0, 0.1) is 16.3 Å². The van der Waals surface area contributed by atoms with Crippen LogP contribution in [0.2, 0.25) is 0 Å². The van der Waals surface area contributed by atoms with Crippen molar-refractivity contribution < 1.29 is 18.8 Å². The summed E-state index contributed by atoms with van der Waals surface area (Å²) in [7, 11) is 0. The van der Waals surface area contributed by atoms with E-state index in [1.165, 1.54) is 11.5 Å². The Morgan fingerprint density at radius 2 is 2.17 bits per heavy atom. The van der Waals surface area contributed by atoms with Gasteiger partial charge in [-0.25, -0.2) is 14.9 Å². The van der Waals surface area contributed by atoms with Crippen LogP contribution in [0.15, 0.2) is 35.1 Å². The van der Waals surface area contributed by atoms with Crippen molar-refractivity contribution in [1.82, 2.24) is 10.5 Å². The van der Waals surface area contributed by atoms with Crippen LogP contribution in [0.1, 0.15) is 15.9 Å². The summed E-state index contributed by atoms with van der Waals surface area (Å²) in [4.78, 5) is 15.7. The molecule has 0 unspecified atom stereocenters. The van der Waals surface area contributed by atoms with Gasteiger partial charge in [-0.1, -0.05) is 0 Å². The second-order valence-electron chi connectivity index (χ2n) is 4.84. The van der Waals surface area contributed by atoms with Crippen molar-refractivity contribution in [2.45, 2.75) is 6.92 Å². The molecule has 3 rings (SSSR count). The number of aromatic nitrogens is 1. The summed E-state index contributed by atoms with van der Waals surface area (Å²) in [6, 6.07) is 6.89. The Labute approximate surface area is 143 Å². The SMILES string of the molecule is Cc1cc(I)ccc1Nc1c(C(=O)NO)cc2ncoc2c1F. The number of hydrogen-bond acceptors (Lipinski definition) is 5. The summed E-state index contributed by atoms with van der Waals surface area (Å²) in [6.45, 7) is 1.86. The number of oxazole rings is 1. The minimum atomic E-state index is -0.848. The van der Waals surface area contributed by atoms with Crippen LogP contribution in [0.25, 0.3) is 11.1 Å². The highest BCUT2D eigenvalue weighted by Crippen LogP contribution is 2.32. The number of halogens is 2. The van der Waals surface area contributed by atoms with Crippen LogP contribution in [0.3, 0.4) is 0 Å². The maximum absolute atomic E-state index is 14.7. The second kappa shape index (κ2) is 6.13. The van der Waals surface area contributed by atoms with Gasteiger partial charge in [-0.3, -0.25) is 10.0 Å². The van der Waals surface area contributed by atoms with E-state index in [0.717, 1.165) is 15.5 Å². The van der Waals surface area contributed by atoms with E-state index in [9.17, 15) is 9.18 Å². The van der Waals surface area contributed by atoms with Gasteiger partial charge in [-0.05, 0) is 59.3 Å². The molecule has 0 atom stereocenters. The van der Waals surface area contributed by atoms with Gasteiger partial charge in [0, 0.05) is 9.26 Å². The summed E-state index contributed by atoms with van der Waals surface area (Å²) in [6.07, 6.45) is 1.09. The maximum Gasteiger partial charge on any atom is 0.276 e. The smallest absolute Gasteiger partial charge is 0.276 e. The molecule has 0 saturated carbocycles. The summed E-state index contributed by atoms with van der Waals surface area (Å²) < 4.78 is 20.8. The number of carbonyl (C=O) groups excluding carboxylic acids is 1. The third-order valence-corrected chi connectivity index (χ3v) is 4.03. The number of hydroxylamine groups is 1. The zero-order chi connectivity index (χ0) is 16.6. The lowest BCUT2D eigenvalue weighted by molar-refractivity contribution is 0.0707. The lowest BCUT2D eigenvalue weighted by Gasteiger charge is -2.14. The fourth-order valence-electron chi connectivity index (χ4n) is 2.23. The first-order valence-corrected chi connectivity index (χ1v) is 7.62. The monoisotopic (exact) mass is 427 g/mol. The lowest BCUT2D eigenvalue weighted by atomic mass is 10.1. The van der Waals surface area contributed by atoms with Gasteiger partial charge >= 0.3 is 0 Å². The van der Waals surface area contributed by atoms with Gasteiger partial charge in [-0.15, -0.1) is 0 Å². The number of nitrogens with one attached hydrogen (secondary N) is 2. The molecule has 0 fully saturated rings. The molecule has 3 aromatic rings. The number of carbonyl (C=O) groups is 1. The first kappa shape index (κ1) is 15.7. The topological polar surface area (TPSA) is 87.4 Å². The Hall–Kier alpha value is -2.20. The van der Waals surface area contributed by atoms with Gasteiger partial charge in [0.2, 0.25) is 0 Å². The Balaban J connectivity index is 2.17. The van der Waals surface area contributed by atoms with Crippen molar-refractivity contribution in [2.75, 3.05) is 5.32 Å². The van der Waals surface area contributed by atoms with E-state index in [2.05, 4.69) is 32.9 Å². The normalized spacial score (nSPS) is 10.8. The van der Waals surface area contributed by atoms with E-state index in [4.69, 9.17) is 9.62 Å². The summed E-state index contributed by atoms with van der Waals surface area (Å²) in [5.41, 5.74) is 2.97. The summed E-state index contributed by atoms with van der Waals surface area (Å²) in [5.74, 6) is -1.60. The van der Waals surface area contributed by atoms with Gasteiger partial charge in [0.1, 0.15) is 5.52 Å². The van der Waals surface area contributed by atoms with Crippen molar-refractivity contribution in [3.63, 3.8) is 0 Å². The molecule has 0 bridgehead atoms. The molecule has 2 aromatic carbocycles. The van der Waals surface area contributed by atoms with Crippen molar-refractivity contribution >= 4 is 51.0 Å². The van der Waals surface area contributed by atoms with E-state index < -0.39 is 11.7 Å². The van der Waals surface area contributed by atoms with E-state index >= 15 is 0 Å². The highest BCUT2D eigenvalue weighted by atomic mass is 127. The summed E-state index contributed by atoms with van der Waals surface area (Å²) >= 11 is 2.17. The first-order chi connectivity index (χ1) is 11.0. The zero-order valence-corrected chi connectivity index (χ0v) is 14.0. The molecule has 0 aliphatic rings. The summed E-state index contributed by atoms with van der Waals surface area (Å²) in [5, 5.41) is 11.8. The molecule has 118 valence electrons.